The molecule has 0 aromatic heterocycles. The van der Waals surface area contributed by atoms with E-state index in [1.165, 1.54) is 32.1 Å². The summed E-state index contributed by atoms with van der Waals surface area (Å²) < 4.78 is 0. The summed E-state index contributed by atoms with van der Waals surface area (Å²) in [4.78, 5) is 0. The van der Waals surface area contributed by atoms with E-state index in [-0.39, 0.29) is 0 Å². The molecule has 0 radical (unpaired) electrons. The topological polar surface area (TPSA) is 0 Å². The third-order valence-corrected chi connectivity index (χ3v) is 3.97. The summed E-state index contributed by atoms with van der Waals surface area (Å²) in [6.45, 7) is 9.51. The van der Waals surface area contributed by atoms with E-state index < -0.39 is 0 Å². The normalized spacial score (nSPS) is 31.2. The average Bonchev–Trinajstić information content (AvgIpc) is 2.47. The number of hydrogen-bond acceptors (Lipinski definition) is 0. The molecule has 1 aliphatic rings. The molecule has 3 atom stereocenters. The predicted octanol–water partition coefficient (Wildman–Crippen LogP) is 4.49. The first-order valence-electron chi connectivity index (χ1n) is 6.09. The fraction of sp³-hybridized carbons (Fsp3) is 1.00. The summed E-state index contributed by atoms with van der Waals surface area (Å²) in [5.74, 6) is 3.88. The number of hydrogen-bond donors (Lipinski definition) is 0. The summed E-state index contributed by atoms with van der Waals surface area (Å²) in [7, 11) is 0. The van der Waals surface area contributed by atoms with Gasteiger partial charge in [-0.05, 0) is 30.1 Å². The first-order chi connectivity index (χ1) is 6.09. The van der Waals surface area contributed by atoms with Crippen LogP contribution in [0.15, 0.2) is 0 Å². The fourth-order valence-electron chi connectivity index (χ4n) is 2.42. The minimum Gasteiger partial charge on any atom is -0.0625 e. The van der Waals surface area contributed by atoms with Crippen molar-refractivity contribution >= 4 is 0 Å². The molecule has 1 fully saturated rings. The minimum absolute atomic E-state index is 0.874. The summed E-state index contributed by atoms with van der Waals surface area (Å²) in [5.41, 5.74) is 0. The molecule has 0 spiro atoms. The third-order valence-electron chi connectivity index (χ3n) is 3.97. The van der Waals surface area contributed by atoms with Gasteiger partial charge in [0.2, 0.25) is 0 Å². The van der Waals surface area contributed by atoms with Crippen LogP contribution in [0.3, 0.4) is 0 Å². The second kappa shape index (κ2) is 5.02. The zero-order chi connectivity index (χ0) is 9.84. The van der Waals surface area contributed by atoms with E-state index in [9.17, 15) is 0 Å². The lowest BCUT2D eigenvalue weighted by Crippen LogP contribution is -2.06. The predicted molar refractivity (Wildman–Crippen MR) is 59.7 cm³/mol. The van der Waals surface area contributed by atoms with Gasteiger partial charge < -0.3 is 0 Å². The maximum Gasteiger partial charge on any atom is -0.0412 e. The quantitative estimate of drug-likeness (QED) is 0.600. The second-order valence-corrected chi connectivity index (χ2v) is 5.58. The molecule has 3 unspecified atom stereocenters. The van der Waals surface area contributed by atoms with Crippen molar-refractivity contribution in [1.82, 2.24) is 0 Å². The molecule has 78 valence electrons. The molecule has 0 bridgehead atoms. The maximum atomic E-state index is 2.41. The molecule has 13 heavy (non-hydrogen) atoms. The van der Waals surface area contributed by atoms with Gasteiger partial charge in [-0.25, -0.2) is 0 Å². The molecule has 1 saturated carbocycles. The Kier molecular flexibility index (Phi) is 4.28. The Bertz CT molecular complexity index is 137. The average molecular weight is 182 g/mol. The van der Waals surface area contributed by atoms with E-state index in [0.29, 0.717) is 0 Å². The van der Waals surface area contributed by atoms with Crippen LogP contribution in [0.1, 0.15) is 59.8 Å². The van der Waals surface area contributed by atoms with Crippen LogP contribution in [0.5, 0.6) is 0 Å². The van der Waals surface area contributed by atoms with Crippen molar-refractivity contribution in [3.05, 3.63) is 0 Å². The molecule has 0 N–H and O–H groups in total. The van der Waals surface area contributed by atoms with Gasteiger partial charge in [0.05, 0.1) is 0 Å². The Morgan fingerprint density at radius 1 is 1.15 bits per heavy atom. The van der Waals surface area contributed by atoms with Crippen LogP contribution in [-0.4, -0.2) is 0 Å². The molecule has 0 heteroatoms. The van der Waals surface area contributed by atoms with E-state index in [1.807, 2.05) is 0 Å². The fourth-order valence-corrected chi connectivity index (χ4v) is 2.42. The highest BCUT2D eigenvalue weighted by Gasteiger charge is 2.21. The van der Waals surface area contributed by atoms with Gasteiger partial charge in [0.1, 0.15) is 0 Å². The van der Waals surface area contributed by atoms with E-state index in [1.54, 1.807) is 0 Å². The van der Waals surface area contributed by atoms with Gasteiger partial charge in [-0.2, -0.15) is 0 Å². The molecule has 0 heterocycles. The highest BCUT2D eigenvalue weighted by Crippen LogP contribution is 2.34. The minimum atomic E-state index is 0.874. The Morgan fingerprint density at radius 2 is 1.85 bits per heavy atom. The Labute approximate surface area is 84.1 Å². The zero-order valence-corrected chi connectivity index (χ0v) is 9.84. The lowest BCUT2D eigenvalue weighted by molar-refractivity contribution is 0.341. The van der Waals surface area contributed by atoms with Gasteiger partial charge >= 0.3 is 0 Å². The second-order valence-electron chi connectivity index (χ2n) is 5.58. The van der Waals surface area contributed by atoms with Gasteiger partial charge in [0.25, 0.3) is 0 Å². The molecular weight excluding hydrogens is 156 g/mol. The molecule has 0 aromatic carbocycles. The van der Waals surface area contributed by atoms with E-state index in [2.05, 4.69) is 27.7 Å². The van der Waals surface area contributed by atoms with Gasteiger partial charge in [0.15, 0.2) is 0 Å². The van der Waals surface area contributed by atoms with Crippen molar-refractivity contribution < 1.29 is 0 Å². The van der Waals surface area contributed by atoms with Crippen molar-refractivity contribution in [3.8, 4) is 0 Å². The van der Waals surface area contributed by atoms with Crippen molar-refractivity contribution in [3.63, 3.8) is 0 Å². The summed E-state index contributed by atoms with van der Waals surface area (Å²) >= 11 is 0. The largest absolute Gasteiger partial charge is 0.0625 e. The Hall–Kier alpha value is 0. The highest BCUT2D eigenvalue weighted by molar-refractivity contribution is 4.73. The zero-order valence-electron chi connectivity index (χ0n) is 9.84. The first-order valence-corrected chi connectivity index (χ1v) is 6.09. The molecule has 0 nitrogen and oxygen atoms in total. The first kappa shape index (κ1) is 11.1. The maximum absolute atomic E-state index is 2.41. The summed E-state index contributed by atoms with van der Waals surface area (Å²) in [6.07, 6.45) is 7.44. The van der Waals surface area contributed by atoms with Crippen molar-refractivity contribution in [2.24, 2.45) is 23.7 Å². The van der Waals surface area contributed by atoms with Gasteiger partial charge in [0, 0.05) is 0 Å². The van der Waals surface area contributed by atoms with E-state index in [0.717, 1.165) is 23.7 Å². The van der Waals surface area contributed by atoms with Crippen molar-refractivity contribution in [1.29, 1.82) is 0 Å². The van der Waals surface area contributed by atoms with Crippen LogP contribution in [-0.2, 0) is 0 Å². The van der Waals surface area contributed by atoms with Crippen LogP contribution in [0.25, 0.3) is 0 Å². The molecule has 0 amide bonds. The SMILES string of the molecule is CC1CCC(CCC(C)C(C)C)C1. The highest BCUT2D eigenvalue weighted by atomic mass is 14.3. The lowest BCUT2D eigenvalue weighted by Gasteiger charge is -2.17. The van der Waals surface area contributed by atoms with Gasteiger partial charge in [-0.1, -0.05) is 53.4 Å². The van der Waals surface area contributed by atoms with Crippen LogP contribution >= 0.6 is 0 Å². The summed E-state index contributed by atoms with van der Waals surface area (Å²) in [6, 6.07) is 0. The van der Waals surface area contributed by atoms with Crippen LogP contribution in [0.2, 0.25) is 0 Å². The molecule has 1 aliphatic carbocycles. The van der Waals surface area contributed by atoms with Crippen molar-refractivity contribution in [2.75, 3.05) is 0 Å². The molecule has 0 saturated heterocycles. The summed E-state index contributed by atoms with van der Waals surface area (Å²) in [5, 5.41) is 0. The molecule has 0 aromatic rings. The van der Waals surface area contributed by atoms with Crippen LogP contribution in [0, 0.1) is 23.7 Å². The van der Waals surface area contributed by atoms with Crippen molar-refractivity contribution in [2.45, 2.75) is 59.8 Å². The monoisotopic (exact) mass is 182 g/mol. The smallest absolute Gasteiger partial charge is 0.0412 e. The Morgan fingerprint density at radius 3 is 2.31 bits per heavy atom. The van der Waals surface area contributed by atoms with E-state index in [4.69, 9.17) is 0 Å². The van der Waals surface area contributed by atoms with Crippen LogP contribution < -0.4 is 0 Å². The molecule has 1 rings (SSSR count). The third kappa shape index (κ3) is 3.70. The van der Waals surface area contributed by atoms with Gasteiger partial charge in [-0.15, -0.1) is 0 Å². The number of rotatable bonds is 4. The standard InChI is InChI=1S/C13H26/c1-10(2)12(4)6-8-13-7-5-11(3)9-13/h10-13H,5-9H2,1-4H3. The van der Waals surface area contributed by atoms with Gasteiger partial charge in [-0.3, -0.25) is 0 Å². The lowest BCUT2D eigenvalue weighted by atomic mass is 9.89. The molecular formula is C13H26. The Balaban J connectivity index is 2.12. The van der Waals surface area contributed by atoms with E-state index >= 15 is 0 Å². The van der Waals surface area contributed by atoms with Crippen LogP contribution in [0.4, 0.5) is 0 Å². The molecule has 0 aliphatic heterocycles.